The molecule has 0 radical (unpaired) electrons. The highest BCUT2D eigenvalue weighted by Gasteiger charge is 2.26. The predicted octanol–water partition coefficient (Wildman–Crippen LogP) is -0.855. The fourth-order valence-corrected chi connectivity index (χ4v) is 1.66. The van der Waals surface area contributed by atoms with E-state index in [2.05, 4.69) is 0 Å². The van der Waals surface area contributed by atoms with Crippen molar-refractivity contribution in [2.75, 3.05) is 34.2 Å². The molecule has 0 saturated heterocycles. The Morgan fingerprint density at radius 3 is 2.32 bits per heavy atom. The van der Waals surface area contributed by atoms with Gasteiger partial charge in [0.15, 0.2) is 6.10 Å². The molecule has 0 fully saturated rings. The number of nitrogens with two attached hydrogens (primary N) is 2. The second-order valence-electron chi connectivity index (χ2n) is 5.67. The van der Waals surface area contributed by atoms with Gasteiger partial charge in [-0.3, -0.25) is 9.59 Å². The van der Waals surface area contributed by atoms with Gasteiger partial charge in [0, 0.05) is 0 Å². The van der Waals surface area contributed by atoms with Gasteiger partial charge in [0.25, 0.3) is 0 Å². The van der Waals surface area contributed by atoms with Crippen molar-refractivity contribution in [2.45, 2.75) is 31.4 Å². The predicted molar refractivity (Wildman–Crippen MR) is 71.3 cm³/mol. The van der Waals surface area contributed by atoms with Crippen LogP contribution in [0.2, 0.25) is 0 Å². The van der Waals surface area contributed by atoms with Gasteiger partial charge in [0.2, 0.25) is 0 Å². The molecule has 0 spiro atoms. The molecule has 2 atom stereocenters. The minimum absolute atomic E-state index is 0.217. The van der Waals surface area contributed by atoms with Crippen LogP contribution in [-0.4, -0.2) is 67.9 Å². The molecule has 0 aromatic carbocycles. The van der Waals surface area contributed by atoms with Crippen LogP contribution in [0.1, 0.15) is 19.3 Å². The van der Waals surface area contributed by atoms with E-state index in [4.69, 9.17) is 21.3 Å². The van der Waals surface area contributed by atoms with Gasteiger partial charge in [-0.15, -0.1) is 0 Å². The maximum Gasteiger partial charge on any atom is 0.323 e. The van der Waals surface area contributed by atoms with Crippen LogP contribution in [-0.2, 0) is 14.3 Å². The number of rotatable bonds is 9. The number of quaternary nitrogens is 1. The molecule has 0 heterocycles. The third kappa shape index (κ3) is 9.40. The Kier molecular flexibility index (Phi) is 7.58. The highest BCUT2D eigenvalue weighted by molar-refractivity contribution is 5.76. The molecule has 19 heavy (non-hydrogen) atoms. The van der Waals surface area contributed by atoms with Crippen LogP contribution >= 0.6 is 0 Å². The molecule has 1 unspecified atom stereocenters. The lowest BCUT2D eigenvalue weighted by Gasteiger charge is -2.28. The zero-order valence-corrected chi connectivity index (χ0v) is 12.0. The Morgan fingerprint density at radius 2 is 1.89 bits per heavy atom. The standard InChI is InChI=1S/C12H25N3O4/c1-15(2,3)8-9(7-11(16)17)19-12(18)10(14)5-4-6-13/h9-10H,4-8,13-14H2,1-3H3/p+1/t9?,10-/m0/s1. The topological polar surface area (TPSA) is 116 Å². The van der Waals surface area contributed by atoms with E-state index >= 15 is 0 Å². The van der Waals surface area contributed by atoms with Crippen molar-refractivity contribution in [3.8, 4) is 0 Å². The van der Waals surface area contributed by atoms with Gasteiger partial charge in [-0.25, -0.2) is 0 Å². The summed E-state index contributed by atoms with van der Waals surface area (Å²) in [4.78, 5) is 22.5. The van der Waals surface area contributed by atoms with Crippen molar-refractivity contribution < 1.29 is 23.9 Å². The largest absolute Gasteiger partial charge is 0.481 e. The number of aliphatic carboxylic acids is 1. The molecule has 7 heteroatoms. The molecule has 0 aliphatic rings. The average molecular weight is 276 g/mol. The number of carbonyl (C=O) groups excluding carboxylic acids is 1. The monoisotopic (exact) mass is 276 g/mol. The molecule has 0 aromatic rings. The van der Waals surface area contributed by atoms with E-state index in [1.807, 2.05) is 21.1 Å². The average Bonchev–Trinajstić information content (AvgIpc) is 2.22. The normalized spacial score (nSPS) is 14.8. The van der Waals surface area contributed by atoms with Crippen LogP contribution in [0, 0.1) is 0 Å². The maximum atomic E-state index is 11.7. The lowest BCUT2D eigenvalue weighted by atomic mass is 10.1. The van der Waals surface area contributed by atoms with E-state index in [1.54, 1.807) is 0 Å². The van der Waals surface area contributed by atoms with Crippen LogP contribution < -0.4 is 11.5 Å². The van der Waals surface area contributed by atoms with E-state index < -0.39 is 24.1 Å². The van der Waals surface area contributed by atoms with Gasteiger partial charge < -0.3 is 25.8 Å². The number of carboxylic acid groups (broad SMARTS) is 1. The molecule has 0 bridgehead atoms. The van der Waals surface area contributed by atoms with Crippen LogP contribution in [0.5, 0.6) is 0 Å². The number of nitrogens with zero attached hydrogens (tertiary/aromatic N) is 1. The Hall–Kier alpha value is -1.18. The molecule has 0 aliphatic heterocycles. The van der Waals surface area contributed by atoms with Crippen molar-refractivity contribution in [3.63, 3.8) is 0 Å². The summed E-state index contributed by atoms with van der Waals surface area (Å²) in [5.41, 5.74) is 11.0. The zero-order chi connectivity index (χ0) is 15.1. The fraction of sp³-hybridized carbons (Fsp3) is 0.833. The number of ether oxygens (including phenoxy) is 1. The second kappa shape index (κ2) is 8.08. The second-order valence-corrected chi connectivity index (χ2v) is 5.67. The summed E-state index contributed by atoms with van der Waals surface area (Å²) in [6.45, 7) is 0.875. The Balaban J connectivity index is 4.45. The molecule has 0 saturated carbocycles. The van der Waals surface area contributed by atoms with Crippen LogP contribution in [0.4, 0.5) is 0 Å². The Bertz CT molecular complexity index is 302. The summed E-state index contributed by atoms with van der Waals surface area (Å²) in [6, 6.07) is -0.743. The first-order valence-electron chi connectivity index (χ1n) is 6.34. The van der Waals surface area contributed by atoms with E-state index in [9.17, 15) is 9.59 Å². The molecule has 0 aliphatic carbocycles. The minimum atomic E-state index is -0.998. The van der Waals surface area contributed by atoms with Gasteiger partial charge in [0.1, 0.15) is 12.6 Å². The molecule has 5 N–H and O–H groups in total. The van der Waals surface area contributed by atoms with Gasteiger partial charge in [-0.1, -0.05) is 0 Å². The van der Waals surface area contributed by atoms with E-state index in [-0.39, 0.29) is 6.42 Å². The first-order valence-corrected chi connectivity index (χ1v) is 6.34. The third-order valence-electron chi connectivity index (χ3n) is 2.46. The summed E-state index contributed by atoms with van der Waals surface area (Å²) < 4.78 is 5.70. The lowest BCUT2D eigenvalue weighted by molar-refractivity contribution is -0.873. The van der Waals surface area contributed by atoms with E-state index in [0.717, 1.165) is 0 Å². The molecule has 0 amide bonds. The number of likely N-dealkylation sites (N-methyl/N-ethyl adjacent to an activating group) is 1. The molecule has 112 valence electrons. The fourth-order valence-electron chi connectivity index (χ4n) is 1.66. The van der Waals surface area contributed by atoms with E-state index in [1.165, 1.54) is 0 Å². The number of carbonyl (C=O) groups is 2. The van der Waals surface area contributed by atoms with Crippen LogP contribution in [0.3, 0.4) is 0 Å². The minimum Gasteiger partial charge on any atom is -0.481 e. The quantitative estimate of drug-likeness (QED) is 0.373. The Morgan fingerprint density at radius 1 is 1.32 bits per heavy atom. The summed E-state index contributed by atoms with van der Waals surface area (Å²) in [7, 11) is 5.70. The van der Waals surface area contributed by atoms with Gasteiger partial charge in [-0.2, -0.15) is 0 Å². The first-order chi connectivity index (χ1) is 8.65. The molecular formula is C12H26N3O4+. The van der Waals surface area contributed by atoms with Crippen LogP contribution in [0.15, 0.2) is 0 Å². The zero-order valence-electron chi connectivity index (χ0n) is 12.0. The summed E-state index contributed by atoms with van der Waals surface area (Å²) in [5.74, 6) is -1.56. The third-order valence-corrected chi connectivity index (χ3v) is 2.46. The highest BCUT2D eigenvalue weighted by atomic mass is 16.5. The maximum absolute atomic E-state index is 11.7. The summed E-state index contributed by atoms with van der Waals surface area (Å²) in [6.07, 6.45) is 0.188. The Labute approximate surface area is 114 Å². The number of esters is 1. The van der Waals surface area contributed by atoms with Crippen molar-refractivity contribution in [2.24, 2.45) is 11.5 Å². The van der Waals surface area contributed by atoms with E-state index in [0.29, 0.717) is 30.4 Å². The van der Waals surface area contributed by atoms with Crippen LogP contribution in [0.25, 0.3) is 0 Å². The highest BCUT2D eigenvalue weighted by Crippen LogP contribution is 2.07. The summed E-state index contributed by atoms with van der Waals surface area (Å²) in [5, 5.41) is 8.83. The number of carboxylic acids is 1. The summed E-state index contributed by atoms with van der Waals surface area (Å²) >= 11 is 0. The SMILES string of the molecule is C[N+](C)(C)CC(CC(=O)O)OC(=O)[C@@H](N)CCCN. The smallest absolute Gasteiger partial charge is 0.323 e. The van der Waals surface area contributed by atoms with Crippen molar-refractivity contribution in [1.29, 1.82) is 0 Å². The first kappa shape index (κ1) is 17.8. The van der Waals surface area contributed by atoms with Crippen molar-refractivity contribution in [1.82, 2.24) is 0 Å². The van der Waals surface area contributed by atoms with Gasteiger partial charge in [0.05, 0.1) is 27.6 Å². The molecular weight excluding hydrogens is 250 g/mol. The van der Waals surface area contributed by atoms with Crippen molar-refractivity contribution in [3.05, 3.63) is 0 Å². The molecule has 0 rings (SSSR count). The van der Waals surface area contributed by atoms with Gasteiger partial charge >= 0.3 is 11.9 Å². The number of hydrogen-bond donors (Lipinski definition) is 3. The molecule has 0 aromatic heterocycles. The van der Waals surface area contributed by atoms with Gasteiger partial charge in [-0.05, 0) is 19.4 Å². The molecule has 7 nitrogen and oxygen atoms in total. The van der Waals surface area contributed by atoms with Crippen molar-refractivity contribution >= 4 is 11.9 Å². The number of hydrogen-bond acceptors (Lipinski definition) is 5. The lowest BCUT2D eigenvalue weighted by Crippen LogP contribution is -2.45.